The largest absolute Gasteiger partial charge is 0.481 e. The van der Waals surface area contributed by atoms with E-state index in [1.807, 2.05) is 6.07 Å². The molecule has 2 rings (SSSR count). The first-order valence-corrected chi connectivity index (χ1v) is 7.85. The van der Waals surface area contributed by atoms with Crippen LogP contribution in [0, 0.1) is 0 Å². The van der Waals surface area contributed by atoms with Crippen LogP contribution in [0.5, 0.6) is 0 Å². The van der Waals surface area contributed by atoms with Gasteiger partial charge < -0.3 is 10.8 Å². The van der Waals surface area contributed by atoms with Crippen LogP contribution in [0.15, 0.2) is 30.3 Å². The van der Waals surface area contributed by atoms with Crippen LogP contribution in [0.2, 0.25) is 0 Å². The summed E-state index contributed by atoms with van der Waals surface area (Å²) in [6.07, 6.45) is 2.85. The fourth-order valence-corrected chi connectivity index (χ4v) is 2.37. The minimum atomic E-state index is -0.877. The highest BCUT2D eigenvalue weighted by Crippen LogP contribution is 2.22. The van der Waals surface area contributed by atoms with E-state index in [4.69, 9.17) is 10.8 Å². The molecule has 0 aliphatic carbocycles. The average molecular weight is 330 g/mol. The Morgan fingerprint density at radius 1 is 1.29 bits per heavy atom. The first-order valence-electron chi connectivity index (χ1n) is 7.85. The van der Waals surface area contributed by atoms with Crippen LogP contribution in [0.25, 0.3) is 5.69 Å². The molecule has 0 radical (unpaired) electrons. The number of anilines is 1. The van der Waals surface area contributed by atoms with Gasteiger partial charge in [-0.25, -0.2) is 9.48 Å². The number of amides is 2. The fourth-order valence-electron chi connectivity index (χ4n) is 2.37. The molecule has 0 spiro atoms. The summed E-state index contributed by atoms with van der Waals surface area (Å²) in [5.41, 5.74) is 7.72. The molecule has 0 saturated carbocycles. The number of aliphatic carboxylic acids is 1. The molecule has 0 aliphatic heterocycles. The molecule has 7 heteroatoms. The molecule has 0 bridgehead atoms. The normalized spacial score (nSPS) is 10.6. The van der Waals surface area contributed by atoms with Crippen LogP contribution in [0.1, 0.15) is 31.0 Å². The van der Waals surface area contributed by atoms with Crippen molar-refractivity contribution < 1.29 is 14.7 Å². The summed E-state index contributed by atoms with van der Waals surface area (Å²) in [7, 11) is 1.60. The molecule has 0 atom stereocenters. The van der Waals surface area contributed by atoms with E-state index >= 15 is 0 Å². The predicted octanol–water partition coefficient (Wildman–Crippen LogP) is 2.36. The van der Waals surface area contributed by atoms with Crippen LogP contribution in [-0.4, -0.2) is 33.9 Å². The van der Waals surface area contributed by atoms with Crippen molar-refractivity contribution in [2.75, 3.05) is 11.9 Å². The quantitative estimate of drug-likeness (QED) is 0.813. The lowest BCUT2D eigenvalue weighted by molar-refractivity contribution is -0.136. The summed E-state index contributed by atoms with van der Waals surface area (Å²) in [5.74, 6) is -0.294. The minimum absolute atomic E-state index is 0.0326. The molecule has 1 aromatic carbocycles. The second-order valence-electron chi connectivity index (χ2n) is 5.64. The number of carbonyl (C=O) groups is 2. The molecule has 3 N–H and O–H groups in total. The van der Waals surface area contributed by atoms with Crippen molar-refractivity contribution in [3.05, 3.63) is 41.6 Å². The summed E-state index contributed by atoms with van der Waals surface area (Å²) in [5, 5.41) is 13.4. The van der Waals surface area contributed by atoms with Gasteiger partial charge in [0.15, 0.2) is 0 Å². The Kier molecular flexibility index (Phi) is 5.57. The Balaban J connectivity index is 2.37. The number of hydrogen-bond acceptors (Lipinski definition) is 3. The monoisotopic (exact) mass is 330 g/mol. The summed E-state index contributed by atoms with van der Waals surface area (Å²) in [4.78, 5) is 23.6. The van der Waals surface area contributed by atoms with Gasteiger partial charge in [0.1, 0.15) is 5.82 Å². The molecule has 0 fully saturated rings. The summed E-state index contributed by atoms with van der Waals surface area (Å²) in [6.45, 7) is 2.11. The van der Waals surface area contributed by atoms with Gasteiger partial charge in [0.05, 0.1) is 17.8 Å². The lowest BCUT2D eigenvalue weighted by Crippen LogP contribution is -2.33. The van der Waals surface area contributed by atoms with E-state index in [9.17, 15) is 9.59 Å². The second-order valence-corrected chi connectivity index (χ2v) is 5.64. The molecule has 2 amide bonds. The Morgan fingerprint density at radius 2 is 1.96 bits per heavy atom. The smallest absolute Gasteiger partial charge is 0.320 e. The lowest BCUT2D eigenvalue weighted by atomic mass is 10.1. The number of hydrogen-bond donors (Lipinski definition) is 2. The van der Waals surface area contributed by atoms with Gasteiger partial charge in [-0.15, -0.1) is 0 Å². The maximum atomic E-state index is 11.5. The van der Waals surface area contributed by atoms with Crippen molar-refractivity contribution in [3.8, 4) is 5.69 Å². The molecule has 128 valence electrons. The van der Waals surface area contributed by atoms with Gasteiger partial charge in [-0.3, -0.25) is 9.69 Å². The van der Waals surface area contributed by atoms with Crippen molar-refractivity contribution in [3.63, 3.8) is 0 Å². The summed E-state index contributed by atoms with van der Waals surface area (Å²) in [6, 6.07) is 8.34. The zero-order valence-electron chi connectivity index (χ0n) is 13.9. The maximum absolute atomic E-state index is 11.5. The van der Waals surface area contributed by atoms with Crippen molar-refractivity contribution >= 4 is 17.8 Å². The number of unbranched alkanes of at least 4 members (excludes halogenated alkanes) is 1. The fraction of sp³-hybridized carbons (Fsp3) is 0.353. The zero-order chi connectivity index (χ0) is 17.7. The third kappa shape index (κ3) is 4.13. The van der Waals surface area contributed by atoms with Crippen LogP contribution in [-0.2, 0) is 17.6 Å². The maximum Gasteiger partial charge on any atom is 0.320 e. The Labute approximate surface area is 140 Å². The van der Waals surface area contributed by atoms with Crippen LogP contribution < -0.4 is 10.6 Å². The topological polar surface area (TPSA) is 101 Å². The van der Waals surface area contributed by atoms with Crippen molar-refractivity contribution in [1.29, 1.82) is 0 Å². The number of nitrogens with zero attached hydrogens (tertiary/aromatic N) is 3. The third-order valence-electron chi connectivity index (χ3n) is 3.74. The third-order valence-corrected chi connectivity index (χ3v) is 3.74. The predicted molar refractivity (Wildman–Crippen MR) is 91.5 cm³/mol. The molecular formula is C17H22N4O3. The van der Waals surface area contributed by atoms with Crippen LogP contribution >= 0.6 is 0 Å². The number of primary amides is 1. The van der Waals surface area contributed by atoms with E-state index in [-0.39, 0.29) is 6.42 Å². The number of aromatic nitrogens is 2. The minimum Gasteiger partial charge on any atom is -0.481 e. The number of nitrogens with two attached hydrogens (primary N) is 1. The molecule has 2 aromatic rings. The Bertz CT molecular complexity index is 722. The number of rotatable bonds is 7. The first-order chi connectivity index (χ1) is 11.4. The Morgan fingerprint density at radius 3 is 2.50 bits per heavy atom. The summed E-state index contributed by atoms with van der Waals surface area (Å²) >= 11 is 0. The van der Waals surface area contributed by atoms with Gasteiger partial charge in [-0.2, -0.15) is 5.10 Å². The number of carboxylic acids is 1. The standard InChI is InChI=1S/C17H22N4O3/c1-3-4-5-13-11-15(20(2)17(18)24)21(19-13)14-8-6-12(7-9-14)10-16(22)23/h6-9,11H,3-5,10H2,1-2H3,(H2,18,24)(H,22,23). The zero-order valence-corrected chi connectivity index (χ0v) is 13.9. The van der Waals surface area contributed by atoms with Gasteiger partial charge in [0, 0.05) is 13.1 Å². The van der Waals surface area contributed by atoms with Crippen molar-refractivity contribution in [2.45, 2.75) is 32.6 Å². The van der Waals surface area contributed by atoms with Crippen LogP contribution in [0.4, 0.5) is 10.6 Å². The molecule has 24 heavy (non-hydrogen) atoms. The number of carbonyl (C=O) groups excluding carboxylic acids is 1. The van der Waals surface area contributed by atoms with Gasteiger partial charge >= 0.3 is 12.0 Å². The van der Waals surface area contributed by atoms with Crippen molar-refractivity contribution in [2.24, 2.45) is 5.73 Å². The van der Waals surface area contributed by atoms with Gasteiger partial charge in [0.2, 0.25) is 0 Å². The van der Waals surface area contributed by atoms with E-state index in [2.05, 4.69) is 12.0 Å². The molecular weight excluding hydrogens is 308 g/mol. The first kappa shape index (κ1) is 17.5. The lowest BCUT2D eigenvalue weighted by Gasteiger charge is -2.16. The van der Waals surface area contributed by atoms with E-state index in [0.717, 1.165) is 30.6 Å². The Hall–Kier alpha value is -2.83. The molecule has 0 unspecified atom stereocenters. The van der Waals surface area contributed by atoms with E-state index < -0.39 is 12.0 Å². The van der Waals surface area contributed by atoms with Gasteiger partial charge in [-0.05, 0) is 30.5 Å². The highest BCUT2D eigenvalue weighted by Gasteiger charge is 2.16. The van der Waals surface area contributed by atoms with E-state index in [1.165, 1.54) is 4.90 Å². The number of benzene rings is 1. The SMILES string of the molecule is CCCCc1cc(N(C)C(N)=O)n(-c2ccc(CC(=O)O)cc2)n1. The molecule has 0 saturated heterocycles. The van der Waals surface area contributed by atoms with Gasteiger partial charge in [0.25, 0.3) is 0 Å². The highest BCUT2D eigenvalue weighted by atomic mass is 16.4. The molecule has 1 heterocycles. The second kappa shape index (κ2) is 7.63. The highest BCUT2D eigenvalue weighted by molar-refractivity contribution is 5.89. The van der Waals surface area contributed by atoms with Crippen molar-refractivity contribution in [1.82, 2.24) is 9.78 Å². The van der Waals surface area contributed by atoms with E-state index in [1.54, 1.807) is 36.0 Å². The van der Waals surface area contributed by atoms with Crippen LogP contribution in [0.3, 0.4) is 0 Å². The number of carboxylic acid groups (broad SMARTS) is 1. The summed E-state index contributed by atoms with van der Waals surface area (Å²) < 4.78 is 1.65. The molecule has 0 aliphatic rings. The molecule has 7 nitrogen and oxygen atoms in total. The van der Waals surface area contributed by atoms with E-state index in [0.29, 0.717) is 11.4 Å². The molecule has 1 aromatic heterocycles. The average Bonchev–Trinajstić information content (AvgIpc) is 2.96. The van der Waals surface area contributed by atoms with Gasteiger partial charge in [-0.1, -0.05) is 25.5 Å². The number of aryl methyl sites for hydroxylation is 1. The number of urea groups is 1.